The largest absolute Gasteiger partial charge is 0.309 e. The van der Waals surface area contributed by atoms with Gasteiger partial charge in [-0.2, -0.15) is 0 Å². The third-order valence-electron chi connectivity index (χ3n) is 2.91. The van der Waals surface area contributed by atoms with Crippen molar-refractivity contribution >= 4 is 23.2 Å². The van der Waals surface area contributed by atoms with E-state index in [4.69, 9.17) is 23.2 Å². The van der Waals surface area contributed by atoms with Gasteiger partial charge in [0.15, 0.2) is 0 Å². The van der Waals surface area contributed by atoms with E-state index in [-0.39, 0.29) is 6.04 Å². The molecule has 0 aromatic heterocycles. The summed E-state index contributed by atoms with van der Waals surface area (Å²) in [7, 11) is 2.11. The molecule has 0 saturated heterocycles. The number of benzene rings is 1. The number of hydrogen-bond donors (Lipinski definition) is 1. The first-order valence-corrected chi connectivity index (χ1v) is 6.67. The molecule has 0 aliphatic rings. The third kappa shape index (κ3) is 4.84. The second-order valence-electron chi connectivity index (χ2n) is 4.24. The molecule has 1 unspecified atom stereocenters. The van der Waals surface area contributed by atoms with Crippen LogP contribution in [0.25, 0.3) is 0 Å². The summed E-state index contributed by atoms with van der Waals surface area (Å²) in [5.74, 6) is 0. The molecule has 0 aliphatic heterocycles. The fourth-order valence-corrected chi connectivity index (χ4v) is 2.05. The maximum Gasteiger partial charge on any atom is 0.0454 e. The number of nitrogens with zero attached hydrogens (tertiary/aromatic N) is 1. The van der Waals surface area contributed by atoms with Gasteiger partial charge in [-0.25, -0.2) is 0 Å². The quantitative estimate of drug-likeness (QED) is 0.853. The Bertz CT molecular complexity index is 355. The van der Waals surface area contributed by atoms with Gasteiger partial charge in [0.2, 0.25) is 0 Å². The highest BCUT2D eigenvalue weighted by atomic mass is 35.5. The van der Waals surface area contributed by atoms with Gasteiger partial charge in [0.05, 0.1) is 0 Å². The summed E-state index contributed by atoms with van der Waals surface area (Å²) in [5.41, 5.74) is 1.05. The molecule has 0 spiro atoms. The molecule has 17 heavy (non-hydrogen) atoms. The summed E-state index contributed by atoms with van der Waals surface area (Å²) < 4.78 is 0. The minimum absolute atomic E-state index is 0.214. The Morgan fingerprint density at radius 1 is 1.35 bits per heavy atom. The van der Waals surface area contributed by atoms with Crippen LogP contribution in [0.15, 0.2) is 18.2 Å². The maximum atomic E-state index is 6.15. The van der Waals surface area contributed by atoms with Crippen LogP contribution in [-0.2, 0) is 0 Å². The van der Waals surface area contributed by atoms with E-state index in [2.05, 4.69) is 31.1 Å². The van der Waals surface area contributed by atoms with Crippen molar-refractivity contribution in [1.82, 2.24) is 10.2 Å². The van der Waals surface area contributed by atoms with Crippen molar-refractivity contribution in [2.24, 2.45) is 0 Å². The van der Waals surface area contributed by atoms with Gasteiger partial charge in [0.1, 0.15) is 0 Å². The Hall–Kier alpha value is -0.280. The molecule has 0 radical (unpaired) electrons. The molecule has 1 rings (SSSR count). The van der Waals surface area contributed by atoms with E-state index in [9.17, 15) is 0 Å². The molecule has 2 nitrogen and oxygen atoms in total. The third-order valence-corrected chi connectivity index (χ3v) is 3.49. The highest BCUT2D eigenvalue weighted by molar-refractivity contribution is 6.33. The molecular weight excluding hydrogens is 255 g/mol. The van der Waals surface area contributed by atoms with Crippen LogP contribution < -0.4 is 5.32 Å². The van der Waals surface area contributed by atoms with Crippen molar-refractivity contribution in [3.05, 3.63) is 33.8 Å². The molecular formula is C13H20Cl2N2. The Balaban J connectivity index is 2.52. The van der Waals surface area contributed by atoms with E-state index in [1.165, 1.54) is 0 Å². The summed E-state index contributed by atoms with van der Waals surface area (Å²) in [5, 5.41) is 4.94. The summed E-state index contributed by atoms with van der Waals surface area (Å²) in [6, 6.07) is 5.79. The number of likely N-dealkylation sites (N-methyl/N-ethyl adjacent to an activating group) is 1. The van der Waals surface area contributed by atoms with Crippen LogP contribution in [0.5, 0.6) is 0 Å². The van der Waals surface area contributed by atoms with Crippen LogP contribution in [0.4, 0.5) is 0 Å². The molecule has 1 aromatic rings. The first kappa shape index (κ1) is 14.8. The normalized spacial score (nSPS) is 13.1. The van der Waals surface area contributed by atoms with Gasteiger partial charge in [-0.1, -0.05) is 30.1 Å². The molecule has 0 bridgehead atoms. The van der Waals surface area contributed by atoms with Crippen LogP contribution in [0.3, 0.4) is 0 Å². The monoisotopic (exact) mass is 274 g/mol. The van der Waals surface area contributed by atoms with Crippen molar-refractivity contribution < 1.29 is 0 Å². The SMILES string of the molecule is CCN(C)CCNC(C)c1cc(Cl)ccc1Cl. The van der Waals surface area contributed by atoms with E-state index in [0.717, 1.165) is 35.2 Å². The Kier molecular flexibility index (Phi) is 6.28. The number of hydrogen-bond acceptors (Lipinski definition) is 2. The number of nitrogens with one attached hydrogen (secondary N) is 1. The minimum atomic E-state index is 0.214. The lowest BCUT2D eigenvalue weighted by Gasteiger charge is -2.19. The van der Waals surface area contributed by atoms with E-state index in [0.29, 0.717) is 0 Å². The van der Waals surface area contributed by atoms with Crippen LogP contribution in [-0.4, -0.2) is 31.6 Å². The second-order valence-corrected chi connectivity index (χ2v) is 5.08. The molecule has 4 heteroatoms. The highest BCUT2D eigenvalue weighted by Gasteiger charge is 2.09. The predicted molar refractivity (Wildman–Crippen MR) is 76.1 cm³/mol. The standard InChI is InChI=1S/C13H20Cl2N2/c1-4-17(3)8-7-16-10(2)12-9-11(14)5-6-13(12)15/h5-6,9-10,16H,4,7-8H2,1-3H3. The van der Waals surface area contributed by atoms with Crippen LogP contribution >= 0.6 is 23.2 Å². The molecule has 0 amide bonds. The van der Waals surface area contributed by atoms with Gasteiger partial charge in [-0.15, -0.1) is 0 Å². The topological polar surface area (TPSA) is 15.3 Å². The molecule has 0 heterocycles. The average Bonchev–Trinajstić information content (AvgIpc) is 2.31. The average molecular weight is 275 g/mol. The fourth-order valence-electron chi connectivity index (χ4n) is 1.59. The van der Waals surface area contributed by atoms with E-state index in [1.807, 2.05) is 18.2 Å². The van der Waals surface area contributed by atoms with E-state index >= 15 is 0 Å². The zero-order valence-electron chi connectivity index (χ0n) is 10.6. The van der Waals surface area contributed by atoms with Crippen LogP contribution in [0, 0.1) is 0 Å². The number of halogens is 2. The Morgan fingerprint density at radius 3 is 2.71 bits per heavy atom. The van der Waals surface area contributed by atoms with Gasteiger partial charge in [-0.3, -0.25) is 0 Å². The van der Waals surface area contributed by atoms with Crippen LogP contribution in [0.2, 0.25) is 10.0 Å². The first-order valence-electron chi connectivity index (χ1n) is 5.91. The molecule has 1 N–H and O–H groups in total. The van der Waals surface area contributed by atoms with Crippen molar-refractivity contribution in [3.63, 3.8) is 0 Å². The van der Waals surface area contributed by atoms with Gasteiger partial charge in [0, 0.05) is 29.2 Å². The van der Waals surface area contributed by atoms with Crippen molar-refractivity contribution in [2.75, 3.05) is 26.7 Å². The van der Waals surface area contributed by atoms with Gasteiger partial charge < -0.3 is 10.2 Å². The highest BCUT2D eigenvalue weighted by Crippen LogP contribution is 2.25. The summed E-state index contributed by atoms with van der Waals surface area (Å²) >= 11 is 12.1. The summed E-state index contributed by atoms with van der Waals surface area (Å²) in [4.78, 5) is 2.26. The molecule has 1 atom stereocenters. The fraction of sp³-hybridized carbons (Fsp3) is 0.538. The minimum Gasteiger partial charge on any atom is -0.309 e. The summed E-state index contributed by atoms with van der Waals surface area (Å²) in [6.45, 7) is 7.28. The van der Waals surface area contributed by atoms with Crippen LogP contribution in [0.1, 0.15) is 25.5 Å². The molecule has 96 valence electrons. The lowest BCUT2D eigenvalue weighted by molar-refractivity contribution is 0.342. The lowest BCUT2D eigenvalue weighted by atomic mass is 10.1. The first-order chi connectivity index (χ1) is 8.04. The molecule has 0 aliphatic carbocycles. The van der Waals surface area contributed by atoms with Gasteiger partial charge >= 0.3 is 0 Å². The van der Waals surface area contributed by atoms with Crippen molar-refractivity contribution in [1.29, 1.82) is 0 Å². The smallest absolute Gasteiger partial charge is 0.0454 e. The van der Waals surface area contributed by atoms with Gasteiger partial charge in [-0.05, 0) is 44.3 Å². The second kappa shape index (κ2) is 7.22. The molecule has 0 saturated carbocycles. The van der Waals surface area contributed by atoms with E-state index in [1.54, 1.807) is 0 Å². The molecule has 1 aromatic carbocycles. The Morgan fingerprint density at radius 2 is 2.06 bits per heavy atom. The number of rotatable bonds is 6. The van der Waals surface area contributed by atoms with Crippen molar-refractivity contribution in [2.45, 2.75) is 19.9 Å². The van der Waals surface area contributed by atoms with Gasteiger partial charge in [0.25, 0.3) is 0 Å². The van der Waals surface area contributed by atoms with Crippen molar-refractivity contribution in [3.8, 4) is 0 Å². The maximum absolute atomic E-state index is 6.15. The molecule has 0 fully saturated rings. The Labute approximate surface area is 114 Å². The lowest BCUT2D eigenvalue weighted by Crippen LogP contribution is -2.30. The zero-order valence-corrected chi connectivity index (χ0v) is 12.1. The predicted octanol–water partition coefficient (Wildman–Crippen LogP) is 3.60. The van der Waals surface area contributed by atoms with E-state index < -0.39 is 0 Å². The zero-order chi connectivity index (χ0) is 12.8. The summed E-state index contributed by atoms with van der Waals surface area (Å²) in [6.07, 6.45) is 0.